The summed E-state index contributed by atoms with van der Waals surface area (Å²) < 4.78 is 0. The minimum absolute atomic E-state index is 0.620. The van der Waals surface area contributed by atoms with Crippen LogP contribution >= 0.6 is 0 Å². The van der Waals surface area contributed by atoms with Crippen molar-refractivity contribution in [1.82, 2.24) is 4.98 Å². The molecule has 0 aliphatic heterocycles. The molecule has 0 amide bonds. The van der Waals surface area contributed by atoms with E-state index in [1.54, 1.807) is 0 Å². The summed E-state index contributed by atoms with van der Waals surface area (Å²) in [6.07, 6.45) is 4.71. The maximum absolute atomic E-state index is 4.31. The van der Waals surface area contributed by atoms with Gasteiger partial charge in [-0.3, -0.25) is 4.98 Å². The molecule has 15 heavy (non-hydrogen) atoms. The number of nitrogens with zero attached hydrogens (tertiary/aromatic N) is 1. The Morgan fingerprint density at radius 2 is 2.07 bits per heavy atom. The summed E-state index contributed by atoms with van der Waals surface area (Å²) in [7, 11) is 0. The molecule has 1 N–H and O–H groups in total. The van der Waals surface area contributed by atoms with Gasteiger partial charge in [0, 0.05) is 11.7 Å². The van der Waals surface area contributed by atoms with Crippen molar-refractivity contribution >= 4 is 5.69 Å². The largest absolute Gasteiger partial charge is 0.381 e. The first-order valence-electron chi connectivity index (χ1n) is 5.86. The molecule has 2 heteroatoms. The Morgan fingerprint density at radius 3 is 2.53 bits per heavy atom. The molecule has 1 saturated carbocycles. The van der Waals surface area contributed by atoms with Crippen LogP contribution in [-0.2, 0) is 0 Å². The van der Waals surface area contributed by atoms with Crippen molar-refractivity contribution in [2.75, 3.05) is 5.32 Å². The van der Waals surface area contributed by atoms with Gasteiger partial charge in [0.2, 0.25) is 0 Å². The van der Waals surface area contributed by atoms with Crippen LogP contribution in [0, 0.1) is 18.8 Å². The molecule has 1 atom stereocenters. The van der Waals surface area contributed by atoms with Crippen LogP contribution in [-0.4, -0.2) is 11.0 Å². The van der Waals surface area contributed by atoms with Crippen molar-refractivity contribution in [3.05, 3.63) is 24.0 Å². The maximum atomic E-state index is 4.31. The predicted molar refractivity (Wildman–Crippen MR) is 63.9 cm³/mol. The Morgan fingerprint density at radius 1 is 1.33 bits per heavy atom. The molecule has 0 aromatic carbocycles. The third-order valence-corrected chi connectivity index (χ3v) is 3.09. The van der Waals surface area contributed by atoms with Crippen LogP contribution in [0.15, 0.2) is 18.3 Å². The molecule has 0 radical (unpaired) electrons. The number of rotatable bonds is 4. The first-order chi connectivity index (χ1) is 7.16. The highest BCUT2D eigenvalue weighted by Crippen LogP contribution is 2.37. The molecule has 1 unspecified atom stereocenters. The number of aryl methyl sites for hydroxylation is 1. The molecule has 1 aliphatic rings. The van der Waals surface area contributed by atoms with Crippen molar-refractivity contribution < 1.29 is 0 Å². The first kappa shape index (κ1) is 10.5. The molecular formula is C13H20N2. The molecule has 0 bridgehead atoms. The van der Waals surface area contributed by atoms with Gasteiger partial charge in [-0.2, -0.15) is 0 Å². The van der Waals surface area contributed by atoms with E-state index in [1.165, 1.54) is 12.8 Å². The zero-order chi connectivity index (χ0) is 10.8. The maximum Gasteiger partial charge on any atom is 0.0529 e. The lowest BCUT2D eigenvalue weighted by Gasteiger charge is -2.23. The van der Waals surface area contributed by atoms with Gasteiger partial charge in [-0.15, -0.1) is 0 Å². The van der Waals surface area contributed by atoms with Gasteiger partial charge in [0.25, 0.3) is 0 Å². The van der Waals surface area contributed by atoms with E-state index >= 15 is 0 Å². The van der Waals surface area contributed by atoms with E-state index in [1.807, 2.05) is 13.1 Å². The summed E-state index contributed by atoms with van der Waals surface area (Å²) in [5.41, 5.74) is 2.24. The lowest BCUT2D eigenvalue weighted by atomic mass is 9.99. The third kappa shape index (κ3) is 2.71. The standard InChI is InChI=1S/C13H20N2/c1-9(2)13(11-5-6-11)15-12-7-4-10(3)14-8-12/h4,7-9,11,13,15H,5-6H2,1-3H3. The molecule has 1 fully saturated rings. The highest BCUT2D eigenvalue weighted by atomic mass is 15.0. The van der Waals surface area contributed by atoms with Gasteiger partial charge >= 0.3 is 0 Å². The highest BCUT2D eigenvalue weighted by molar-refractivity contribution is 5.42. The Bertz CT molecular complexity index is 310. The molecule has 2 nitrogen and oxygen atoms in total. The molecule has 1 aromatic heterocycles. The summed E-state index contributed by atoms with van der Waals surface area (Å²) in [6.45, 7) is 6.60. The Labute approximate surface area is 92.1 Å². The monoisotopic (exact) mass is 204 g/mol. The first-order valence-corrected chi connectivity index (χ1v) is 5.86. The van der Waals surface area contributed by atoms with Crippen molar-refractivity contribution in [2.45, 2.75) is 39.7 Å². The van der Waals surface area contributed by atoms with E-state index in [-0.39, 0.29) is 0 Å². The number of nitrogens with one attached hydrogen (secondary N) is 1. The second kappa shape index (κ2) is 4.21. The number of anilines is 1. The summed E-state index contributed by atoms with van der Waals surface area (Å²) >= 11 is 0. The highest BCUT2D eigenvalue weighted by Gasteiger charge is 2.32. The lowest BCUT2D eigenvalue weighted by molar-refractivity contribution is 0.476. The van der Waals surface area contributed by atoms with Crippen LogP contribution in [0.25, 0.3) is 0 Å². The summed E-state index contributed by atoms with van der Waals surface area (Å²) in [5, 5.41) is 3.61. The Hall–Kier alpha value is -1.05. The molecule has 0 spiro atoms. The fraction of sp³-hybridized carbons (Fsp3) is 0.615. The quantitative estimate of drug-likeness (QED) is 0.814. The molecule has 2 rings (SSSR count). The molecule has 1 aromatic rings. The van der Waals surface area contributed by atoms with E-state index in [0.717, 1.165) is 17.3 Å². The van der Waals surface area contributed by atoms with Gasteiger partial charge in [-0.1, -0.05) is 13.8 Å². The van der Waals surface area contributed by atoms with Gasteiger partial charge in [0.1, 0.15) is 0 Å². The van der Waals surface area contributed by atoms with Gasteiger partial charge in [0.05, 0.1) is 11.9 Å². The minimum atomic E-state index is 0.620. The topological polar surface area (TPSA) is 24.9 Å². The lowest BCUT2D eigenvalue weighted by Crippen LogP contribution is -2.27. The van der Waals surface area contributed by atoms with Gasteiger partial charge in [-0.25, -0.2) is 0 Å². The van der Waals surface area contributed by atoms with Crippen molar-refractivity contribution in [3.8, 4) is 0 Å². The third-order valence-electron chi connectivity index (χ3n) is 3.09. The Balaban J connectivity index is 2.02. The zero-order valence-corrected chi connectivity index (χ0v) is 9.83. The van der Waals surface area contributed by atoms with E-state index in [9.17, 15) is 0 Å². The van der Waals surface area contributed by atoms with Crippen molar-refractivity contribution in [2.24, 2.45) is 11.8 Å². The van der Waals surface area contributed by atoms with E-state index < -0.39 is 0 Å². The molecule has 1 heterocycles. The fourth-order valence-corrected chi connectivity index (χ4v) is 2.03. The molecule has 82 valence electrons. The van der Waals surface area contributed by atoms with Crippen molar-refractivity contribution in [1.29, 1.82) is 0 Å². The van der Waals surface area contributed by atoms with Crippen molar-refractivity contribution in [3.63, 3.8) is 0 Å². The van der Waals surface area contributed by atoms with E-state index in [2.05, 4.69) is 36.3 Å². The van der Waals surface area contributed by atoms with Crippen LogP contribution in [0.1, 0.15) is 32.4 Å². The fourth-order valence-electron chi connectivity index (χ4n) is 2.03. The number of aromatic nitrogens is 1. The van der Waals surface area contributed by atoms with Crippen LogP contribution in [0.3, 0.4) is 0 Å². The number of pyridine rings is 1. The van der Waals surface area contributed by atoms with Crippen LogP contribution in [0.2, 0.25) is 0 Å². The molecular weight excluding hydrogens is 184 g/mol. The average molecular weight is 204 g/mol. The zero-order valence-electron chi connectivity index (χ0n) is 9.83. The van der Waals surface area contributed by atoms with E-state index in [4.69, 9.17) is 0 Å². The summed E-state index contributed by atoms with van der Waals surface area (Å²) in [4.78, 5) is 4.31. The second-order valence-electron chi connectivity index (χ2n) is 4.94. The van der Waals surface area contributed by atoms with Gasteiger partial charge < -0.3 is 5.32 Å². The SMILES string of the molecule is Cc1ccc(NC(C(C)C)C2CC2)cn1. The molecule has 0 saturated heterocycles. The normalized spacial score (nSPS) is 17.9. The Kier molecular flexibility index (Phi) is 2.94. The number of hydrogen-bond acceptors (Lipinski definition) is 2. The minimum Gasteiger partial charge on any atom is -0.381 e. The van der Waals surface area contributed by atoms with Gasteiger partial charge in [-0.05, 0) is 43.7 Å². The van der Waals surface area contributed by atoms with Crippen LogP contribution in [0.5, 0.6) is 0 Å². The van der Waals surface area contributed by atoms with E-state index in [0.29, 0.717) is 12.0 Å². The smallest absolute Gasteiger partial charge is 0.0529 e. The predicted octanol–water partition coefficient (Wildman–Crippen LogP) is 3.24. The molecule has 1 aliphatic carbocycles. The summed E-state index contributed by atoms with van der Waals surface area (Å²) in [6, 6.07) is 4.81. The second-order valence-corrected chi connectivity index (χ2v) is 4.94. The number of hydrogen-bond donors (Lipinski definition) is 1. The van der Waals surface area contributed by atoms with Gasteiger partial charge in [0.15, 0.2) is 0 Å². The summed E-state index contributed by atoms with van der Waals surface area (Å²) in [5.74, 6) is 1.57. The van der Waals surface area contributed by atoms with Crippen LogP contribution < -0.4 is 5.32 Å². The van der Waals surface area contributed by atoms with Crippen LogP contribution in [0.4, 0.5) is 5.69 Å². The average Bonchev–Trinajstić information content (AvgIpc) is 3.00.